The number of carbonyl (C=O) groups is 1. The van der Waals surface area contributed by atoms with Gasteiger partial charge in [0.25, 0.3) is 5.91 Å². The number of hydrogen-bond donors (Lipinski definition) is 3. The first-order valence-corrected chi connectivity index (χ1v) is 10.0. The average Bonchev–Trinajstić information content (AvgIpc) is 2.55. The van der Waals surface area contributed by atoms with Crippen LogP contribution in [0.4, 0.5) is 10.1 Å². The Bertz CT molecular complexity index is 965. The highest BCUT2D eigenvalue weighted by molar-refractivity contribution is 7.92. The van der Waals surface area contributed by atoms with Gasteiger partial charge in [-0.05, 0) is 41.8 Å². The maximum absolute atomic E-state index is 14.2. The number of benzene rings is 1. The Balaban J connectivity index is 2.18. The number of nitrogens with zero attached hydrogens (tertiary/aromatic N) is 1. The molecule has 1 amide bonds. The van der Waals surface area contributed by atoms with Crippen LogP contribution in [0.1, 0.15) is 28.9 Å². The second-order valence-corrected chi connectivity index (χ2v) is 8.58. The normalized spacial score (nSPS) is 12.4. The molecule has 0 bridgehead atoms. The lowest BCUT2D eigenvalue weighted by molar-refractivity contribution is 0.102. The molecule has 0 spiro atoms. The topological polar surface area (TPSA) is 126 Å². The van der Waals surface area contributed by atoms with Gasteiger partial charge in [0.2, 0.25) is 0 Å². The Hall–Kier alpha value is -2.52. The van der Waals surface area contributed by atoms with Gasteiger partial charge in [-0.1, -0.05) is 18.5 Å². The molecular formula is C17H18ClFN4O3S. The Morgan fingerprint density at radius 1 is 1.37 bits per heavy atom. The van der Waals surface area contributed by atoms with E-state index in [-0.39, 0.29) is 17.0 Å². The number of amidine groups is 1. The lowest BCUT2D eigenvalue weighted by Crippen LogP contribution is -2.26. The highest BCUT2D eigenvalue weighted by Crippen LogP contribution is 2.25. The van der Waals surface area contributed by atoms with E-state index in [0.717, 1.165) is 6.07 Å². The minimum Gasteiger partial charge on any atom is -0.387 e. The van der Waals surface area contributed by atoms with Gasteiger partial charge in [0.1, 0.15) is 23.1 Å². The number of pyridine rings is 1. The average molecular weight is 413 g/mol. The van der Waals surface area contributed by atoms with Gasteiger partial charge in [-0.15, -0.1) is 0 Å². The van der Waals surface area contributed by atoms with Gasteiger partial charge >= 0.3 is 0 Å². The number of amides is 1. The van der Waals surface area contributed by atoms with Crippen LogP contribution in [-0.4, -0.2) is 36.7 Å². The molecule has 1 atom stereocenters. The van der Waals surface area contributed by atoms with E-state index in [4.69, 9.17) is 22.7 Å². The predicted octanol–water partition coefficient (Wildman–Crippen LogP) is 2.58. The van der Waals surface area contributed by atoms with E-state index in [2.05, 4.69) is 10.3 Å². The number of rotatable bonds is 7. The fourth-order valence-electron chi connectivity index (χ4n) is 2.47. The van der Waals surface area contributed by atoms with Crippen molar-refractivity contribution in [2.45, 2.75) is 12.8 Å². The van der Waals surface area contributed by atoms with Crippen molar-refractivity contribution in [3.63, 3.8) is 0 Å². The number of anilines is 1. The standard InChI is InChI=1S/C17H18ClFN4O3S/c1-10(8-27(25,26)9-16(20)21)13-6-12(3-4-14(13)19)23-17(24)15-5-2-11(18)7-22-15/h2-7,10H,8-9H2,1H3,(H3,20,21)(H,23,24)/t10-/m1/s1. The molecule has 10 heteroatoms. The van der Waals surface area contributed by atoms with Gasteiger partial charge in [-0.2, -0.15) is 0 Å². The highest BCUT2D eigenvalue weighted by atomic mass is 35.5. The molecule has 0 saturated heterocycles. The lowest BCUT2D eigenvalue weighted by atomic mass is 10.0. The minimum absolute atomic E-state index is 0.127. The molecular weight excluding hydrogens is 395 g/mol. The van der Waals surface area contributed by atoms with Crippen molar-refractivity contribution in [3.8, 4) is 0 Å². The molecule has 0 saturated carbocycles. The van der Waals surface area contributed by atoms with Crippen molar-refractivity contribution in [1.29, 1.82) is 5.41 Å². The fourth-order valence-corrected chi connectivity index (χ4v) is 4.12. The van der Waals surface area contributed by atoms with E-state index < -0.39 is 39.1 Å². The number of sulfone groups is 1. The molecule has 0 unspecified atom stereocenters. The lowest BCUT2D eigenvalue weighted by Gasteiger charge is -2.15. The van der Waals surface area contributed by atoms with Crippen LogP contribution in [-0.2, 0) is 9.84 Å². The van der Waals surface area contributed by atoms with Crippen molar-refractivity contribution in [1.82, 2.24) is 4.98 Å². The number of carbonyl (C=O) groups excluding carboxylic acids is 1. The first-order chi connectivity index (χ1) is 12.6. The van der Waals surface area contributed by atoms with E-state index in [0.29, 0.717) is 10.7 Å². The zero-order valence-corrected chi connectivity index (χ0v) is 15.9. The van der Waals surface area contributed by atoms with Crippen LogP contribution in [0, 0.1) is 11.2 Å². The van der Waals surface area contributed by atoms with Crippen molar-refractivity contribution in [2.75, 3.05) is 16.8 Å². The SMILES string of the molecule is C[C@H](CS(=O)(=O)CC(=N)N)c1cc(NC(=O)c2ccc(Cl)cn2)ccc1F. The zero-order chi connectivity index (χ0) is 20.2. The fraction of sp³-hybridized carbons (Fsp3) is 0.235. The summed E-state index contributed by atoms with van der Waals surface area (Å²) in [7, 11) is -3.65. The molecule has 0 aliphatic heterocycles. The minimum atomic E-state index is -3.65. The summed E-state index contributed by atoms with van der Waals surface area (Å²) in [6, 6.07) is 6.84. The third-order valence-electron chi connectivity index (χ3n) is 3.62. The number of nitrogens with one attached hydrogen (secondary N) is 2. The Morgan fingerprint density at radius 3 is 2.67 bits per heavy atom. The summed E-state index contributed by atoms with van der Waals surface area (Å²) in [6.07, 6.45) is 1.33. The van der Waals surface area contributed by atoms with E-state index in [1.54, 1.807) is 6.92 Å². The summed E-state index contributed by atoms with van der Waals surface area (Å²) in [4.78, 5) is 16.1. The second kappa shape index (κ2) is 8.45. The summed E-state index contributed by atoms with van der Waals surface area (Å²) in [5, 5.41) is 10.1. The molecule has 1 aromatic carbocycles. The third kappa shape index (κ3) is 6.00. The number of hydrogen-bond acceptors (Lipinski definition) is 5. The zero-order valence-electron chi connectivity index (χ0n) is 14.4. The molecule has 7 nitrogen and oxygen atoms in total. The summed E-state index contributed by atoms with van der Waals surface area (Å²) in [5.41, 5.74) is 5.69. The van der Waals surface area contributed by atoms with E-state index in [1.165, 1.54) is 30.5 Å². The molecule has 0 radical (unpaired) electrons. The Morgan fingerprint density at radius 2 is 2.07 bits per heavy atom. The van der Waals surface area contributed by atoms with Crippen LogP contribution in [0.15, 0.2) is 36.5 Å². The molecule has 0 aliphatic rings. The predicted molar refractivity (Wildman–Crippen MR) is 103 cm³/mol. The Labute approximate surface area is 161 Å². The molecule has 4 N–H and O–H groups in total. The number of aromatic nitrogens is 1. The Kier molecular flexibility index (Phi) is 6.50. The molecule has 2 rings (SSSR count). The number of nitrogens with two attached hydrogens (primary N) is 1. The molecule has 144 valence electrons. The maximum atomic E-state index is 14.2. The van der Waals surface area contributed by atoms with Gasteiger partial charge in [0, 0.05) is 11.9 Å². The van der Waals surface area contributed by atoms with Gasteiger partial charge in [0.05, 0.1) is 10.8 Å². The molecule has 0 aliphatic carbocycles. The molecule has 2 aromatic rings. The third-order valence-corrected chi connectivity index (χ3v) is 5.61. The van der Waals surface area contributed by atoms with Crippen LogP contribution in [0.3, 0.4) is 0 Å². The maximum Gasteiger partial charge on any atom is 0.274 e. The number of halogens is 2. The van der Waals surface area contributed by atoms with Crippen molar-refractivity contribution in [2.24, 2.45) is 5.73 Å². The molecule has 1 aromatic heterocycles. The van der Waals surface area contributed by atoms with Crippen LogP contribution in [0.25, 0.3) is 0 Å². The van der Waals surface area contributed by atoms with Crippen molar-refractivity contribution < 1.29 is 17.6 Å². The van der Waals surface area contributed by atoms with Crippen LogP contribution in [0.2, 0.25) is 5.02 Å². The van der Waals surface area contributed by atoms with Gasteiger partial charge in [-0.3, -0.25) is 10.2 Å². The quantitative estimate of drug-likeness (QED) is 0.476. The smallest absolute Gasteiger partial charge is 0.274 e. The van der Waals surface area contributed by atoms with Gasteiger partial charge < -0.3 is 11.1 Å². The van der Waals surface area contributed by atoms with Crippen molar-refractivity contribution in [3.05, 3.63) is 58.6 Å². The van der Waals surface area contributed by atoms with E-state index in [1.807, 2.05) is 0 Å². The summed E-state index contributed by atoms with van der Waals surface area (Å²) >= 11 is 5.73. The van der Waals surface area contributed by atoms with E-state index in [9.17, 15) is 17.6 Å². The molecule has 1 heterocycles. The van der Waals surface area contributed by atoms with Crippen molar-refractivity contribution >= 4 is 38.9 Å². The first kappa shape index (κ1) is 20.8. The van der Waals surface area contributed by atoms with Crippen LogP contribution >= 0.6 is 11.6 Å². The largest absolute Gasteiger partial charge is 0.387 e. The summed E-state index contributed by atoms with van der Waals surface area (Å²) in [6.45, 7) is 1.54. The molecule has 27 heavy (non-hydrogen) atoms. The van der Waals surface area contributed by atoms with Gasteiger partial charge in [0.15, 0.2) is 9.84 Å². The molecule has 0 fully saturated rings. The highest BCUT2D eigenvalue weighted by Gasteiger charge is 2.21. The summed E-state index contributed by atoms with van der Waals surface area (Å²) in [5.74, 6) is -3.24. The van der Waals surface area contributed by atoms with Crippen LogP contribution in [0.5, 0.6) is 0 Å². The van der Waals surface area contributed by atoms with E-state index >= 15 is 0 Å². The van der Waals surface area contributed by atoms with Crippen LogP contribution < -0.4 is 11.1 Å². The first-order valence-electron chi connectivity index (χ1n) is 7.83. The summed E-state index contributed by atoms with van der Waals surface area (Å²) < 4.78 is 38.1. The second-order valence-electron chi connectivity index (χ2n) is 6.03. The monoisotopic (exact) mass is 412 g/mol. The van der Waals surface area contributed by atoms with Gasteiger partial charge in [-0.25, -0.2) is 17.8 Å².